The van der Waals surface area contributed by atoms with E-state index in [4.69, 9.17) is 23.2 Å². The summed E-state index contributed by atoms with van der Waals surface area (Å²) >= 11 is 14.1. The fourth-order valence-electron chi connectivity index (χ4n) is 1.83. The summed E-state index contributed by atoms with van der Waals surface area (Å²) in [5.41, 5.74) is 1.16. The van der Waals surface area contributed by atoms with E-state index in [0.29, 0.717) is 11.1 Å². The van der Waals surface area contributed by atoms with Crippen LogP contribution in [0.1, 0.15) is 18.5 Å². The van der Waals surface area contributed by atoms with Crippen molar-refractivity contribution in [3.63, 3.8) is 0 Å². The molecule has 1 fully saturated rings. The number of benzene rings is 1. The highest BCUT2D eigenvalue weighted by Crippen LogP contribution is 2.30. The summed E-state index contributed by atoms with van der Waals surface area (Å²) in [6.07, 6.45) is 0. The van der Waals surface area contributed by atoms with Gasteiger partial charge in [0.25, 0.3) is 0 Å². The number of halogens is 2. The highest BCUT2D eigenvalue weighted by Gasteiger charge is 2.19. The zero-order valence-electron chi connectivity index (χ0n) is 9.17. The zero-order chi connectivity index (χ0) is 11.5. The molecule has 1 N–H and O–H groups in total. The molecule has 1 nitrogen and oxygen atoms in total. The number of hydrogen-bond donors (Lipinski definition) is 1. The molecule has 2 atom stereocenters. The van der Waals surface area contributed by atoms with E-state index in [1.807, 2.05) is 30.0 Å². The van der Waals surface area contributed by atoms with E-state index in [2.05, 4.69) is 12.2 Å². The van der Waals surface area contributed by atoms with E-state index in [-0.39, 0.29) is 0 Å². The van der Waals surface area contributed by atoms with Crippen molar-refractivity contribution >= 4 is 35.0 Å². The molecule has 1 aromatic rings. The second-order valence-electron chi connectivity index (χ2n) is 4.27. The first kappa shape index (κ1) is 12.6. The van der Waals surface area contributed by atoms with Crippen LogP contribution >= 0.6 is 35.0 Å². The van der Waals surface area contributed by atoms with Gasteiger partial charge in [-0.2, -0.15) is 11.8 Å². The summed E-state index contributed by atoms with van der Waals surface area (Å²) in [7, 11) is 0. The molecule has 0 aliphatic carbocycles. The first-order valence-electron chi connectivity index (χ1n) is 5.43. The number of hydrogen-bond acceptors (Lipinski definition) is 2. The number of nitrogens with one attached hydrogen (secondary N) is 1. The van der Waals surface area contributed by atoms with Crippen molar-refractivity contribution in [2.75, 3.05) is 18.1 Å². The van der Waals surface area contributed by atoms with Crippen LogP contribution in [0.25, 0.3) is 0 Å². The van der Waals surface area contributed by atoms with Crippen LogP contribution in [0.15, 0.2) is 18.2 Å². The van der Waals surface area contributed by atoms with Crippen molar-refractivity contribution in [2.24, 2.45) is 5.92 Å². The summed E-state index contributed by atoms with van der Waals surface area (Å²) in [5.74, 6) is 3.02. The largest absolute Gasteiger partial charge is 0.309 e. The molecule has 16 heavy (non-hydrogen) atoms. The van der Waals surface area contributed by atoms with E-state index in [1.54, 1.807) is 0 Å². The van der Waals surface area contributed by atoms with Crippen molar-refractivity contribution in [1.82, 2.24) is 5.32 Å². The first-order chi connectivity index (χ1) is 7.66. The van der Waals surface area contributed by atoms with Gasteiger partial charge >= 0.3 is 0 Å². The molecule has 2 unspecified atom stereocenters. The average Bonchev–Trinajstić information content (AvgIpc) is 2.43. The minimum absolute atomic E-state index is 0.347. The van der Waals surface area contributed by atoms with E-state index in [1.165, 1.54) is 5.75 Å². The Hall–Kier alpha value is 0.110. The lowest BCUT2D eigenvalue weighted by atomic mass is 10.1. The maximum absolute atomic E-state index is 6.22. The Balaban J connectivity index is 2.16. The molecule has 1 heterocycles. The topological polar surface area (TPSA) is 12.0 Å². The molecule has 0 bridgehead atoms. The minimum atomic E-state index is 0.347. The molecule has 1 aliphatic heterocycles. The third kappa shape index (κ3) is 3.07. The highest BCUT2D eigenvalue weighted by molar-refractivity contribution is 7.99. The molecule has 0 spiro atoms. The minimum Gasteiger partial charge on any atom is -0.309 e. The summed E-state index contributed by atoms with van der Waals surface area (Å²) < 4.78 is 0. The standard InChI is InChI=1S/C12H15Cl2NS/c1-8-5-15-12(7-16-6-8)10-3-2-9(13)4-11(10)14/h2-4,8,12,15H,5-7H2,1H3. The van der Waals surface area contributed by atoms with E-state index >= 15 is 0 Å². The van der Waals surface area contributed by atoms with Crippen molar-refractivity contribution < 1.29 is 0 Å². The molecule has 0 radical (unpaired) electrons. The van der Waals surface area contributed by atoms with Gasteiger partial charge < -0.3 is 5.32 Å². The maximum atomic E-state index is 6.22. The van der Waals surface area contributed by atoms with Crippen LogP contribution in [-0.2, 0) is 0 Å². The fourth-order valence-corrected chi connectivity index (χ4v) is 3.56. The molecule has 1 aliphatic rings. The highest BCUT2D eigenvalue weighted by atomic mass is 35.5. The third-order valence-corrected chi connectivity index (χ3v) is 4.67. The van der Waals surface area contributed by atoms with Gasteiger partial charge in [0.2, 0.25) is 0 Å². The summed E-state index contributed by atoms with van der Waals surface area (Å²) in [4.78, 5) is 0. The van der Waals surface area contributed by atoms with Crippen LogP contribution in [-0.4, -0.2) is 18.1 Å². The predicted octanol–water partition coefficient (Wildman–Crippen LogP) is 4.01. The molecular formula is C12H15Cl2NS. The van der Waals surface area contributed by atoms with Gasteiger partial charge in [-0.1, -0.05) is 36.2 Å². The Bertz CT molecular complexity index is 370. The lowest BCUT2D eigenvalue weighted by Crippen LogP contribution is -2.25. The monoisotopic (exact) mass is 275 g/mol. The van der Waals surface area contributed by atoms with Crippen molar-refractivity contribution in [3.8, 4) is 0 Å². The summed E-state index contributed by atoms with van der Waals surface area (Å²) in [6, 6.07) is 6.10. The van der Waals surface area contributed by atoms with Crippen molar-refractivity contribution in [3.05, 3.63) is 33.8 Å². The van der Waals surface area contributed by atoms with Crippen LogP contribution in [0.4, 0.5) is 0 Å². The van der Waals surface area contributed by atoms with E-state index in [9.17, 15) is 0 Å². The Morgan fingerprint density at radius 2 is 2.12 bits per heavy atom. The molecule has 0 amide bonds. The van der Waals surface area contributed by atoms with Crippen LogP contribution in [0.3, 0.4) is 0 Å². The Kier molecular flexibility index (Phi) is 4.42. The molecular weight excluding hydrogens is 261 g/mol. The van der Waals surface area contributed by atoms with Gasteiger partial charge in [-0.05, 0) is 35.9 Å². The number of thioether (sulfide) groups is 1. The zero-order valence-corrected chi connectivity index (χ0v) is 11.5. The molecule has 0 aromatic heterocycles. The van der Waals surface area contributed by atoms with Crippen LogP contribution in [0, 0.1) is 5.92 Å². The predicted molar refractivity (Wildman–Crippen MR) is 73.7 cm³/mol. The van der Waals surface area contributed by atoms with E-state index < -0.39 is 0 Å². The second kappa shape index (κ2) is 5.63. The molecule has 4 heteroatoms. The molecule has 1 aromatic carbocycles. The molecule has 2 rings (SSSR count). The van der Waals surface area contributed by atoms with Crippen molar-refractivity contribution in [2.45, 2.75) is 13.0 Å². The van der Waals surface area contributed by atoms with E-state index in [0.717, 1.165) is 28.8 Å². The Morgan fingerprint density at radius 3 is 2.88 bits per heavy atom. The molecule has 0 saturated carbocycles. The smallest absolute Gasteiger partial charge is 0.0468 e. The lowest BCUT2D eigenvalue weighted by molar-refractivity contribution is 0.518. The van der Waals surface area contributed by atoms with Crippen LogP contribution in [0.2, 0.25) is 10.0 Å². The normalized spacial score (nSPS) is 26.4. The second-order valence-corrected chi connectivity index (χ2v) is 6.19. The Morgan fingerprint density at radius 1 is 1.31 bits per heavy atom. The summed E-state index contributed by atoms with van der Waals surface area (Å²) in [5, 5.41) is 5.02. The average molecular weight is 276 g/mol. The van der Waals surface area contributed by atoms with Gasteiger partial charge in [-0.15, -0.1) is 0 Å². The van der Waals surface area contributed by atoms with Crippen LogP contribution < -0.4 is 5.32 Å². The summed E-state index contributed by atoms with van der Waals surface area (Å²) in [6.45, 7) is 3.32. The van der Waals surface area contributed by atoms with Gasteiger partial charge in [0.15, 0.2) is 0 Å². The quantitative estimate of drug-likeness (QED) is 0.831. The fraction of sp³-hybridized carbons (Fsp3) is 0.500. The van der Waals surface area contributed by atoms with Gasteiger partial charge in [-0.25, -0.2) is 0 Å². The number of rotatable bonds is 1. The van der Waals surface area contributed by atoms with Crippen LogP contribution in [0.5, 0.6) is 0 Å². The lowest BCUT2D eigenvalue weighted by Gasteiger charge is -2.17. The van der Waals surface area contributed by atoms with Crippen molar-refractivity contribution in [1.29, 1.82) is 0 Å². The van der Waals surface area contributed by atoms with Gasteiger partial charge in [0, 0.05) is 21.8 Å². The SMILES string of the molecule is CC1CNC(c2ccc(Cl)cc2Cl)CSC1. The third-order valence-electron chi connectivity index (χ3n) is 2.74. The van der Waals surface area contributed by atoms with Gasteiger partial charge in [-0.3, -0.25) is 0 Å². The maximum Gasteiger partial charge on any atom is 0.0468 e. The molecule has 88 valence electrons. The van der Waals surface area contributed by atoms with Gasteiger partial charge in [0.05, 0.1) is 0 Å². The molecule has 1 saturated heterocycles. The first-order valence-corrected chi connectivity index (χ1v) is 7.34. The Labute approximate surface area is 111 Å². The van der Waals surface area contributed by atoms with Gasteiger partial charge in [0.1, 0.15) is 0 Å².